The fourth-order valence-corrected chi connectivity index (χ4v) is 1.71. The average molecular weight is 247 g/mol. The number of carboxylic acid groups (broad SMARTS) is 1. The van der Waals surface area contributed by atoms with Gasteiger partial charge in [-0.05, 0) is 13.0 Å². The molecule has 0 bridgehead atoms. The number of aromatic carboxylic acids is 1. The van der Waals surface area contributed by atoms with Gasteiger partial charge in [-0.25, -0.2) is 9.78 Å². The summed E-state index contributed by atoms with van der Waals surface area (Å²) in [6.07, 6.45) is 6.70. The third-order valence-electron chi connectivity index (χ3n) is 2.68. The zero-order valence-corrected chi connectivity index (χ0v) is 9.91. The predicted molar refractivity (Wildman–Crippen MR) is 63.6 cm³/mol. The zero-order valence-electron chi connectivity index (χ0n) is 9.91. The average Bonchev–Trinajstić information content (AvgIpc) is 2.95. The molecule has 2 heterocycles. The molecule has 2 aromatic rings. The molecule has 0 spiro atoms. The summed E-state index contributed by atoms with van der Waals surface area (Å²) in [6.45, 7) is 2.50. The highest BCUT2D eigenvalue weighted by Crippen LogP contribution is 2.10. The van der Waals surface area contributed by atoms with Gasteiger partial charge in [-0.3, -0.25) is 4.79 Å². The molecular formula is C12H13N3O3. The number of Topliss-reactive ketones (excluding diaryl/α,β-unsaturated/α-hetero) is 1. The maximum atomic E-state index is 11.2. The number of nitrogens with zero attached hydrogens (tertiary/aromatic N) is 3. The van der Waals surface area contributed by atoms with Crippen molar-refractivity contribution in [3.05, 3.63) is 42.2 Å². The van der Waals surface area contributed by atoms with Crippen LogP contribution in [-0.2, 0) is 13.1 Å². The number of carboxylic acids is 1. The highest BCUT2D eigenvalue weighted by molar-refractivity contribution is 5.97. The lowest BCUT2D eigenvalue weighted by molar-refractivity contribution is 0.0684. The van der Waals surface area contributed by atoms with Gasteiger partial charge in [0, 0.05) is 37.2 Å². The first kappa shape index (κ1) is 12.1. The van der Waals surface area contributed by atoms with Gasteiger partial charge < -0.3 is 14.2 Å². The summed E-state index contributed by atoms with van der Waals surface area (Å²) in [5.74, 6) is -1.17. The molecule has 0 atom stereocenters. The summed E-state index contributed by atoms with van der Waals surface area (Å²) < 4.78 is 3.41. The van der Waals surface area contributed by atoms with Crippen LogP contribution in [0.3, 0.4) is 0 Å². The van der Waals surface area contributed by atoms with Crippen LogP contribution in [0.15, 0.2) is 31.0 Å². The summed E-state index contributed by atoms with van der Waals surface area (Å²) in [4.78, 5) is 26.2. The van der Waals surface area contributed by atoms with Crippen molar-refractivity contribution in [2.24, 2.45) is 0 Å². The molecule has 6 heteroatoms. The van der Waals surface area contributed by atoms with Gasteiger partial charge >= 0.3 is 5.97 Å². The molecule has 0 saturated heterocycles. The molecule has 2 aromatic heterocycles. The van der Waals surface area contributed by atoms with Crippen molar-refractivity contribution in [3.8, 4) is 0 Å². The van der Waals surface area contributed by atoms with Crippen molar-refractivity contribution in [2.75, 3.05) is 0 Å². The quantitative estimate of drug-likeness (QED) is 0.807. The van der Waals surface area contributed by atoms with Crippen LogP contribution in [0.25, 0.3) is 0 Å². The standard InChI is InChI=1S/C12H13N3O3/c1-9(16)10-6-11(12(17)18)15(7-10)5-4-14-3-2-13-8-14/h2-3,6-8H,4-5H2,1H3,(H,17,18). The molecule has 0 aliphatic rings. The molecule has 1 N–H and O–H groups in total. The minimum Gasteiger partial charge on any atom is -0.477 e. The molecule has 0 aliphatic heterocycles. The Morgan fingerprint density at radius 2 is 2.17 bits per heavy atom. The molecular weight excluding hydrogens is 234 g/mol. The molecule has 0 aliphatic carbocycles. The van der Waals surface area contributed by atoms with E-state index in [0.717, 1.165) is 0 Å². The van der Waals surface area contributed by atoms with E-state index in [-0.39, 0.29) is 11.5 Å². The number of hydrogen-bond acceptors (Lipinski definition) is 3. The number of aromatic nitrogens is 3. The molecule has 0 aromatic carbocycles. The molecule has 0 saturated carbocycles. The van der Waals surface area contributed by atoms with E-state index in [4.69, 9.17) is 5.11 Å². The van der Waals surface area contributed by atoms with E-state index in [1.54, 1.807) is 29.5 Å². The van der Waals surface area contributed by atoms with Gasteiger partial charge in [0.1, 0.15) is 5.69 Å². The Labute approximate surface area is 103 Å². The smallest absolute Gasteiger partial charge is 0.352 e. The van der Waals surface area contributed by atoms with Crippen molar-refractivity contribution in [2.45, 2.75) is 20.0 Å². The molecule has 2 rings (SSSR count). The van der Waals surface area contributed by atoms with Crippen LogP contribution in [0.4, 0.5) is 0 Å². The van der Waals surface area contributed by atoms with Crippen LogP contribution in [0, 0.1) is 0 Å². The first-order valence-electron chi connectivity index (χ1n) is 5.48. The highest BCUT2D eigenvalue weighted by atomic mass is 16.4. The third-order valence-corrected chi connectivity index (χ3v) is 2.68. The van der Waals surface area contributed by atoms with Crippen molar-refractivity contribution in [1.82, 2.24) is 14.1 Å². The van der Waals surface area contributed by atoms with Gasteiger partial charge in [0.25, 0.3) is 0 Å². The summed E-state index contributed by atoms with van der Waals surface area (Å²) in [7, 11) is 0. The molecule has 0 fully saturated rings. The topological polar surface area (TPSA) is 77.1 Å². The number of ketones is 1. The summed E-state index contributed by atoms with van der Waals surface area (Å²) in [5.41, 5.74) is 0.540. The molecule has 0 amide bonds. The number of imidazole rings is 1. The van der Waals surface area contributed by atoms with Crippen LogP contribution < -0.4 is 0 Å². The van der Waals surface area contributed by atoms with Gasteiger partial charge in [0.05, 0.1) is 6.33 Å². The van der Waals surface area contributed by atoms with E-state index in [1.807, 2.05) is 4.57 Å². The largest absolute Gasteiger partial charge is 0.477 e. The Hall–Kier alpha value is -2.37. The lowest BCUT2D eigenvalue weighted by atomic mass is 10.2. The van der Waals surface area contributed by atoms with E-state index in [1.165, 1.54) is 13.0 Å². The fraction of sp³-hybridized carbons (Fsp3) is 0.250. The molecule has 18 heavy (non-hydrogen) atoms. The van der Waals surface area contributed by atoms with Crippen molar-refractivity contribution >= 4 is 11.8 Å². The second kappa shape index (κ2) is 4.87. The Kier molecular flexibility index (Phi) is 3.27. The number of carbonyl (C=O) groups excluding carboxylic acids is 1. The summed E-state index contributed by atoms with van der Waals surface area (Å²) in [6, 6.07) is 1.40. The normalized spacial score (nSPS) is 10.5. The lowest BCUT2D eigenvalue weighted by Gasteiger charge is -2.06. The van der Waals surface area contributed by atoms with Crippen molar-refractivity contribution in [3.63, 3.8) is 0 Å². The van der Waals surface area contributed by atoms with Crippen LogP contribution in [-0.4, -0.2) is 31.0 Å². The van der Waals surface area contributed by atoms with Crippen LogP contribution in [0.2, 0.25) is 0 Å². The molecule has 0 unspecified atom stereocenters. The Morgan fingerprint density at radius 1 is 1.39 bits per heavy atom. The minimum absolute atomic E-state index is 0.125. The Bertz CT molecular complexity index is 569. The van der Waals surface area contributed by atoms with Crippen molar-refractivity contribution in [1.29, 1.82) is 0 Å². The summed E-state index contributed by atoms with van der Waals surface area (Å²) >= 11 is 0. The second-order valence-corrected chi connectivity index (χ2v) is 3.97. The molecule has 0 radical (unpaired) electrons. The number of carbonyl (C=O) groups is 2. The first-order chi connectivity index (χ1) is 8.58. The SMILES string of the molecule is CC(=O)c1cc(C(=O)O)n(CCn2ccnc2)c1. The zero-order chi connectivity index (χ0) is 13.1. The second-order valence-electron chi connectivity index (χ2n) is 3.97. The van der Waals surface area contributed by atoms with Crippen molar-refractivity contribution < 1.29 is 14.7 Å². The highest BCUT2D eigenvalue weighted by Gasteiger charge is 2.14. The van der Waals surface area contributed by atoms with E-state index in [9.17, 15) is 9.59 Å². The monoisotopic (exact) mass is 247 g/mol. The first-order valence-corrected chi connectivity index (χ1v) is 5.48. The van der Waals surface area contributed by atoms with Crippen LogP contribution >= 0.6 is 0 Å². The Balaban J connectivity index is 2.20. The Morgan fingerprint density at radius 3 is 2.72 bits per heavy atom. The van der Waals surface area contributed by atoms with Gasteiger partial charge in [0.15, 0.2) is 5.78 Å². The fourth-order valence-electron chi connectivity index (χ4n) is 1.71. The van der Waals surface area contributed by atoms with Crippen LogP contribution in [0.5, 0.6) is 0 Å². The van der Waals surface area contributed by atoms with Gasteiger partial charge in [0.2, 0.25) is 0 Å². The van der Waals surface area contributed by atoms with Gasteiger partial charge in [-0.1, -0.05) is 0 Å². The van der Waals surface area contributed by atoms with E-state index >= 15 is 0 Å². The predicted octanol–water partition coefficient (Wildman–Crippen LogP) is 1.29. The summed E-state index contributed by atoms with van der Waals surface area (Å²) in [5, 5.41) is 9.07. The van der Waals surface area contributed by atoms with Gasteiger partial charge in [-0.15, -0.1) is 0 Å². The van der Waals surface area contributed by atoms with E-state index in [0.29, 0.717) is 18.7 Å². The maximum absolute atomic E-state index is 11.2. The molecule has 6 nitrogen and oxygen atoms in total. The lowest BCUT2D eigenvalue weighted by Crippen LogP contribution is -2.11. The molecule has 94 valence electrons. The van der Waals surface area contributed by atoms with Gasteiger partial charge in [-0.2, -0.15) is 0 Å². The third kappa shape index (κ3) is 2.48. The van der Waals surface area contributed by atoms with E-state index < -0.39 is 5.97 Å². The van der Waals surface area contributed by atoms with Crippen LogP contribution in [0.1, 0.15) is 27.8 Å². The number of aryl methyl sites for hydroxylation is 2. The van der Waals surface area contributed by atoms with E-state index in [2.05, 4.69) is 4.98 Å². The number of hydrogen-bond donors (Lipinski definition) is 1. The minimum atomic E-state index is -1.03. The number of rotatable bonds is 5. The maximum Gasteiger partial charge on any atom is 0.352 e.